The number of hydrogen-bond donors (Lipinski definition) is 0. The third-order valence-electron chi connectivity index (χ3n) is 7.65. The molecule has 2 aromatic rings. The average Bonchev–Trinajstić information content (AvgIpc) is 2.92. The van der Waals surface area contributed by atoms with Crippen LogP contribution >= 0.6 is 0 Å². The maximum absolute atomic E-state index is 12.7. The Morgan fingerprint density at radius 1 is 0.811 bits per heavy atom. The first-order valence-corrected chi connectivity index (χ1v) is 14.9. The molecule has 1 atom stereocenters. The van der Waals surface area contributed by atoms with Gasteiger partial charge in [-0.25, -0.2) is 9.97 Å². The third-order valence-corrected chi connectivity index (χ3v) is 7.65. The van der Waals surface area contributed by atoms with Gasteiger partial charge in [0.1, 0.15) is 5.75 Å². The Morgan fingerprint density at radius 2 is 1.49 bits per heavy atom. The lowest BCUT2D eigenvalue weighted by Crippen LogP contribution is -2.25. The third kappa shape index (κ3) is 10.1. The molecular formula is C32H48N2O3. The van der Waals surface area contributed by atoms with E-state index in [2.05, 4.69) is 30.7 Å². The van der Waals surface area contributed by atoms with Crippen LogP contribution < -0.4 is 9.47 Å². The number of carbonyl (C=O) groups is 1. The molecule has 204 valence electrons. The maximum atomic E-state index is 12.7. The summed E-state index contributed by atoms with van der Waals surface area (Å²) in [5.74, 6) is 2.68. The van der Waals surface area contributed by atoms with Crippen molar-refractivity contribution in [1.29, 1.82) is 0 Å². The maximum Gasteiger partial charge on any atom is 0.314 e. The molecule has 1 aliphatic rings. The van der Waals surface area contributed by atoms with Crippen LogP contribution in [0.2, 0.25) is 0 Å². The lowest BCUT2D eigenvalue weighted by molar-refractivity contribution is -0.140. The largest absolute Gasteiger partial charge is 0.487 e. The van der Waals surface area contributed by atoms with E-state index < -0.39 is 0 Å². The van der Waals surface area contributed by atoms with Gasteiger partial charge in [-0.2, -0.15) is 0 Å². The smallest absolute Gasteiger partial charge is 0.314 e. The van der Waals surface area contributed by atoms with Gasteiger partial charge in [0.2, 0.25) is 0 Å². The van der Waals surface area contributed by atoms with Crippen LogP contribution in [0, 0.1) is 11.8 Å². The van der Waals surface area contributed by atoms with Gasteiger partial charge in [0, 0.05) is 5.56 Å². The molecule has 3 rings (SSSR count). The van der Waals surface area contributed by atoms with Crippen molar-refractivity contribution in [3.63, 3.8) is 0 Å². The quantitative estimate of drug-likeness (QED) is 0.129. The second kappa shape index (κ2) is 16.4. The topological polar surface area (TPSA) is 61.3 Å². The Bertz CT molecular complexity index is 889. The minimum Gasteiger partial charge on any atom is -0.487 e. The summed E-state index contributed by atoms with van der Waals surface area (Å²) in [4.78, 5) is 21.8. The van der Waals surface area contributed by atoms with Gasteiger partial charge in [-0.3, -0.25) is 4.79 Å². The number of esters is 1. The van der Waals surface area contributed by atoms with Gasteiger partial charge in [-0.15, -0.1) is 0 Å². The Kier molecular flexibility index (Phi) is 12.9. The summed E-state index contributed by atoms with van der Waals surface area (Å²) < 4.78 is 11.9. The molecule has 1 fully saturated rings. The van der Waals surface area contributed by atoms with Crippen LogP contribution in [0.25, 0.3) is 11.4 Å². The van der Waals surface area contributed by atoms with Crippen LogP contribution in [-0.4, -0.2) is 22.0 Å². The predicted molar refractivity (Wildman–Crippen MR) is 151 cm³/mol. The number of aromatic nitrogens is 2. The fraction of sp³-hybridized carbons (Fsp3) is 0.656. The lowest BCUT2D eigenvalue weighted by Gasteiger charge is -2.27. The normalized spacial score (nSPS) is 18.4. The van der Waals surface area contributed by atoms with Gasteiger partial charge in [0.15, 0.2) is 11.6 Å². The first kappa shape index (κ1) is 29.1. The van der Waals surface area contributed by atoms with Crippen molar-refractivity contribution in [2.24, 2.45) is 11.8 Å². The van der Waals surface area contributed by atoms with Gasteiger partial charge in [0.05, 0.1) is 24.4 Å². The van der Waals surface area contributed by atoms with Crippen LogP contribution in [0.1, 0.15) is 117 Å². The molecule has 1 unspecified atom stereocenters. The molecule has 0 saturated heterocycles. The molecule has 5 heteroatoms. The number of hydrogen-bond acceptors (Lipinski definition) is 5. The zero-order chi connectivity index (χ0) is 26.3. The molecular weight excluding hydrogens is 460 g/mol. The summed E-state index contributed by atoms with van der Waals surface area (Å²) in [6.07, 6.45) is 21.4. The van der Waals surface area contributed by atoms with E-state index in [4.69, 9.17) is 9.47 Å². The molecule has 1 saturated carbocycles. The molecule has 1 aliphatic carbocycles. The molecule has 0 N–H and O–H groups in total. The molecule has 37 heavy (non-hydrogen) atoms. The van der Waals surface area contributed by atoms with Crippen molar-refractivity contribution in [1.82, 2.24) is 9.97 Å². The fourth-order valence-corrected chi connectivity index (χ4v) is 5.34. The summed E-state index contributed by atoms with van der Waals surface area (Å²) in [5, 5.41) is 0. The van der Waals surface area contributed by atoms with Gasteiger partial charge in [-0.05, 0) is 75.1 Å². The Balaban J connectivity index is 1.46. The summed E-state index contributed by atoms with van der Waals surface area (Å²) in [6, 6.07) is 7.50. The summed E-state index contributed by atoms with van der Waals surface area (Å²) in [6.45, 7) is 6.68. The monoisotopic (exact) mass is 508 g/mol. The van der Waals surface area contributed by atoms with E-state index in [1.54, 1.807) is 12.4 Å². The molecule has 0 amide bonds. The summed E-state index contributed by atoms with van der Waals surface area (Å²) in [5.41, 5.74) is 0.892. The first-order chi connectivity index (χ1) is 18.1. The fourth-order valence-electron chi connectivity index (χ4n) is 5.34. The highest BCUT2D eigenvalue weighted by Crippen LogP contribution is 2.33. The highest BCUT2D eigenvalue weighted by molar-refractivity contribution is 5.75. The van der Waals surface area contributed by atoms with Crippen molar-refractivity contribution in [3.8, 4) is 22.9 Å². The Morgan fingerprint density at radius 3 is 2.14 bits per heavy atom. The van der Waals surface area contributed by atoms with Crippen molar-refractivity contribution in [2.45, 2.75) is 123 Å². The molecule has 0 aliphatic heterocycles. The molecule has 1 aromatic carbocycles. The Hall–Kier alpha value is -2.43. The van der Waals surface area contributed by atoms with E-state index in [1.165, 1.54) is 51.4 Å². The zero-order valence-corrected chi connectivity index (χ0v) is 23.4. The van der Waals surface area contributed by atoms with Crippen molar-refractivity contribution < 1.29 is 14.3 Å². The van der Waals surface area contributed by atoms with Crippen LogP contribution in [0.3, 0.4) is 0 Å². The van der Waals surface area contributed by atoms with Crippen LogP contribution in [-0.2, 0) is 4.79 Å². The molecule has 0 bridgehead atoms. The van der Waals surface area contributed by atoms with Gasteiger partial charge in [-0.1, -0.05) is 72.1 Å². The molecule has 1 aromatic heterocycles. The minimum absolute atomic E-state index is 0.0289. The van der Waals surface area contributed by atoms with Gasteiger partial charge >= 0.3 is 5.97 Å². The zero-order valence-electron chi connectivity index (χ0n) is 23.4. The average molecular weight is 509 g/mol. The number of rotatable bonds is 16. The number of unbranched alkanes of at least 4 members (excludes halogenated alkanes) is 5. The molecule has 0 spiro atoms. The highest BCUT2D eigenvalue weighted by atomic mass is 16.5. The second-order valence-corrected chi connectivity index (χ2v) is 10.8. The molecule has 1 heterocycles. The van der Waals surface area contributed by atoms with Crippen molar-refractivity contribution in [2.75, 3.05) is 0 Å². The van der Waals surface area contributed by atoms with E-state index in [1.807, 2.05) is 24.3 Å². The van der Waals surface area contributed by atoms with E-state index in [-0.39, 0.29) is 18.0 Å². The molecule has 5 nitrogen and oxygen atoms in total. The van der Waals surface area contributed by atoms with Crippen LogP contribution in [0.15, 0.2) is 36.7 Å². The second-order valence-electron chi connectivity index (χ2n) is 10.8. The first-order valence-electron chi connectivity index (χ1n) is 14.9. The van der Waals surface area contributed by atoms with E-state index in [0.29, 0.717) is 11.6 Å². The Labute approximate surface area is 224 Å². The number of ether oxygens (including phenoxy) is 2. The van der Waals surface area contributed by atoms with E-state index >= 15 is 0 Å². The van der Waals surface area contributed by atoms with Crippen LogP contribution in [0.5, 0.6) is 11.5 Å². The highest BCUT2D eigenvalue weighted by Gasteiger charge is 2.27. The summed E-state index contributed by atoms with van der Waals surface area (Å²) in [7, 11) is 0. The van der Waals surface area contributed by atoms with Gasteiger partial charge in [0.25, 0.3) is 0 Å². The van der Waals surface area contributed by atoms with Crippen molar-refractivity contribution in [3.05, 3.63) is 36.7 Å². The van der Waals surface area contributed by atoms with Crippen molar-refractivity contribution >= 4 is 5.97 Å². The minimum atomic E-state index is -0.0890. The molecule has 0 radical (unpaired) electrons. The number of benzene rings is 1. The number of nitrogens with zero attached hydrogens (tertiary/aromatic N) is 2. The van der Waals surface area contributed by atoms with E-state index in [9.17, 15) is 4.79 Å². The van der Waals surface area contributed by atoms with Crippen LogP contribution in [0.4, 0.5) is 0 Å². The lowest BCUT2D eigenvalue weighted by atomic mass is 9.80. The SMILES string of the molecule is CCCCCCC(CCC)Oc1cnc(-c2ccc(OC(=O)C3CCC(CCCCC)CC3)cc2)nc1. The van der Waals surface area contributed by atoms with E-state index in [0.717, 1.165) is 62.2 Å². The standard InChI is InChI=1S/C32H48N2O3/c1-4-7-9-11-14-28(12-6-3)36-30-23-33-31(34-24-30)26-19-21-29(22-20-26)37-32(35)27-17-15-25(16-18-27)13-10-8-5-2/h19-25,27-28H,4-18H2,1-3H3. The number of carbonyl (C=O) groups excluding carboxylic acids is 1. The predicted octanol–water partition coefficient (Wildman–Crippen LogP) is 8.95. The summed E-state index contributed by atoms with van der Waals surface area (Å²) >= 11 is 0. The van der Waals surface area contributed by atoms with Gasteiger partial charge < -0.3 is 9.47 Å².